The van der Waals surface area contributed by atoms with E-state index in [1.54, 1.807) is 12.3 Å². The molecule has 0 unspecified atom stereocenters. The Hall–Kier alpha value is -2.15. The fraction of sp³-hybridized carbons (Fsp3) is 0.500. The molecule has 2 aromatic rings. The number of alkyl halides is 2. The van der Waals surface area contributed by atoms with Gasteiger partial charge in [0.1, 0.15) is 5.75 Å². The third-order valence-electron chi connectivity index (χ3n) is 4.42. The molecule has 5 nitrogen and oxygen atoms in total. The third-order valence-corrected chi connectivity index (χ3v) is 4.42. The summed E-state index contributed by atoms with van der Waals surface area (Å²) in [6, 6.07) is 3.52. The van der Waals surface area contributed by atoms with E-state index in [0.29, 0.717) is 12.1 Å². The van der Waals surface area contributed by atoms with Crippen LogP contribution >= 0.6 is 0 Å². The summed E-state index contributed by atoms with van der Waals surface area (Å²) in [5, 5.41) is 7.53. The molecule has 3 rings (SSSR count). The molecule has 0 aliphatic carbocycles. The van der Waals surface area contributed by atoms with Gasteiger partial charge in [-0.1, -0.05) is 6.07 Å². The number of aromatic nitrogens is 2. The molecule has 1 aromatic carbocycles. The molecule has 2 heterocycles. The molecule has 1 aliphatic rings. The minimum absolute atomic E-state index is 0.206. The van der Waals surface area contributed by atoms with Crippen molar-refractivity contribution in [3.8, 4) is 5.75 Å². The Labute approximate surface area is 145 Å². The Morgan fingerprint density at radius 1 is 1.36 bits per heavy atom. The zero-order valence-electron chi connectivity index (χ0n) is 14.5. The molecule has 136 valence electrons. The average molecular weight is 351 g/mol. The van der Waals surface area contributed by atoms with Crippen LogP contribution in [0.5, 0.6) is 5.75 Å². The van der Waals surface area contributed by atoms with Crippen molar-refractivity contribution in [2.75, 3.05) is 11.9 Å². The zero-order valence-corrected chi connectivity index (χ0v) is 14.5. The maximum atomic E-state index is 12.6. The molecule has 1 aromatic heterocycles. The topological polar surface area (TPSA) is 48.3 Å². The predicted octanol–water partition coefficient (Wildman–Crippen LogP) is 3.89. The number of hydrogen-bond donors (Lipinski definition) is 1. The normalized spacial score (nSPS) is 17.2. The second-order valence-electron chi connectivity index (χ2n) is 6.36. The number of benzene rings is 1. The molecule has 0 amide bonds. The van der Waals surface area contributed by atoms with Crippen molar-refractivity contribution in [3.05, 3.63) is 41.2 Å². The summed E-state index contributed by atoms with van der Waals surface area (Å²) in [7, 11) is 0. The first kappa shape index (κ1) is 17.7. The molecule has 1 N–H and O–H groups in total. The Bertz CT molecular complexity index is 712. The van der Waals surface area contributed by atoms with E-state index >= 15 is 0 Å². The van der Waals surface area contributed by atoms with Gasteiger partial charge < -0.3 is 14.8 Å². The van der Waals surface area contributed by atoms with Crippen molar-refractivity contribution >= 4 is 5.69 Å². The lowest BCUT2D eigenvalue weighted by atomic mass is 10.0. The molecular formula is C18H23F2N3O2. The maximum absolute atomic E-state index is 12.6. The first-order valence-electron chi connectivity index (χ1n) is 8.44. The van der Waals surface area contributed by atoms with Crippen LogP contribution < -0.4 is 10.1 Å². The number of nitrogens with zero attached hydrogens (tertiary/aromatic N) is 2. The summed E-state index contributed by atoms with van der Waals surface area (Å²) >= 11 is 0. The Balaban J connectivity index is 1.64. The van der Waals surface area contributed by atoms with Gasteiger partial charge in [0.05, 0.1) is 24.5 Å². The fourth-order valence-corrected chi connectivity index (χ4v) is 2.94. The molecule has 0 spiro atoms. The Kier molecular flexibility index (Phi) is 5.53. The summed E-state index contributed by atoms with van der Waals surface area (Å²) < 4.78 is 37.3. The molecule has 1 saturated heterocycles. The van der Waals surface area contributed by atoms with E-state index in [4.69, 9.17) is 4.74 Å². The van der Waals surface area contributed by atoms with Crippen LogP contribution in [0, 0.1) is 13.8 Å². The molecule has 0 saturated carbocycles. The lowest BCUT2D eigenvalue weighted by Gasteiger charge is -2.14. The SMILES string of the molecule is Cc1cc(CNc2cnn(C[C@H]3CCCO3)c2)c(OC(F)F)cc1C. The first-order chi connectivity index (χ1) is 12.0. The van der Waals surface area contributed by atoms with Gasteiger partial charge in [-0.05, 0) is 43.9 Å². The number of aryl methyl sites for hydroxylation is 2. The third kappa shape index (κ3) is 4.69. The van der Waals surface area contributed by atoms with E-state index in [-0.39, 0.29) is 11.9 Å². The lowest BCUT2D eigenvalue weighted by molar-refractivity contribution is -0.0504. The van der Waals surface area contributed by atoms with Gasteiger partial charge in [-0.15, -0.1) is 0 Å². The van der Waals surface area contributed by atoms with Gasteiger partial charge in [0.2, 0.25) is 0 Å². The zero-order chi connectivity index (χ0) is 17.8. The summed E-state index contributed by atoms with van der Waals surface area (Å²) in [5.41, 5.74) is 3.48. The monoisotopic (exact) mass is 351 g/mol. The Morgan fingerprint density at radius 3 is 2.88 bits per heavy atom. The van der Waals surface area contributed by atoms with E-state index in [1.807, 2.05) is 30.8 Å². The average Bonchev–Trinajstić information content (AvgIpc) is 3.21. The van der Waals surface area contributed by atoms with Crippen LogP contribution in [0.2, 0.25) is 0 Å². The second kappa shape index (κ2) is 7.82. The number of halogens is 2. The number of anilines is 1. The van der Waals surface area contributed by atoms with Gasteiger partial charge in [-0.3, -0.25) is 4.68 Å². The summed E-state index contributed by atoms with van der Waals surface area (Å²) in [4.78, 5) is 0. The highest BCUT2D eigenvalue weighted by atomic mass is 19.3. The molecule has 1 atom stereocenters. The highest BCUT2D eigenvalue weighted by Gasteiger charge is 2.16. The summed E-state index contributed by atoms with van der Waals surface area (Å²) in [6.07, 6.45) is 6.00. The highest BCUT2D eigenvalue weighted by molar-refractivity contribution is 5.45. The predicted molar refractivity (Wildman–Crippen MR) is 91.1 cm³/mol. The molecule has 25 heavy (non-hydrogen) atoms. The van der Waals surface area contributed by atoms with E-state index < -0.39 is 6.61 Å². The largest absolute Gasteiger partial charge is 0.434 e. The molecule has 0 radical (unpaired) electrons. The van der Waals surface area contributed by atoms with Crippen LogP contribution in [0.25, 0.3) is 0 Å². The van der Waals surface area contributed by atoms with Gasteiger partial charge >= 0.3 is 6.61 Å². The minimum atomic E-state index is -2.84. The van der Waals surface area contributed by atoms with Crippen LogP contribution in [0.15, 0.2) is 24.5 Å². The van der Waals surface area contributed by atoms with E-state index in [2.05, 4.69) is 15.2 Å². The maximum Gasteiger partial charge on any atom is 0.387 e. The smallest absolute Gasteiger partial charge is 0.387 e. The molecule has 0 bridgehead atoms. The van der Waals surface area contributed by atoms with Crippen LogP contribution in [0.4, 0.5) is 14.5 Å². The van der Waals surface area contributed by atoms with Gasteiger partial charge in [0.15, 0.2) is 0 Å². The quantitative estimate of drug-likeness (QED) is 0.822. The van der Waals surface area contributed by atoms with Crippen LogP contribution in [-0.4, -0.2) is 29.1 Å². The standard InChI is InChI=1S/C18H23F2N3O2/c1-12-6-14(17(7-13(12)2)25-18(19)20)8-21-15-9-22-23(10-15)11-16-4-3-5-24-16/h6-7,9-10,16,18,21H,3-5,8,11H2,1-2H3/t16-/m1/s1. The van der Waals surface area contributed by atoms with E-state index in [1.165, 1.54) is 0 Å². The van der Waals surface area contributed by atoms with Crippen molar-refractivity contribution in [2.24, 2.45) is 0 Å². The van der Waals surface area contributed by atoms with Crippen molar-refractivity contribution < 1.29 is 18.3 Å². The fourth-order valence-electron chi connectivity index (χ4n) is 2.94. The van der Waals surface area contributed by atoms with Crippen LogP contribution in [0.1, 0.15) is 29.5 Å². The Morgan fingerprint density at radius 2 is 2.16 bits per heavy atom. The van der Waals surface area contributed by atoms with Gasteiger partial charge in [0.25, 0.3) is 0 Å². The minimum Gasteiger partial charge on any atom is -0.434 e. The van der Waals surface area contributed by atoms with Crippen LogP contribution in [-0.2, 0) is 17.8 Å². The highest BCUT2D eigenvalue weighted by Crippen LogP contribution is 2.26. The molecule has 1 fully saturated rings. The number of nitrogens with one attached hydrogen (secondary N) is 1. The van der Waals surface area contributed by atoms with Crippen molar-refractivity contribution in [1.82, 2.24) is 9.78 Å². The first-order valence-corrected chi connectivity index (χ1v) is 8.44. The summed E-state index contributed by atoms with van der Waals surface area (Å²) in [5.74, 6) is 0.206. The van der Waals surface area contributed by atoms with E-state index in [9.17, 15) is 8.78 Å². The van der Waals surface area contributed by atoms with E-state index in [0.717, 1.165) is 42.8 Å². The molecular weight excluding hydrogens is 328 g/mol. The van der Waals surface area contributed by atoms with Crippen molar-refractivity contribution in [1.29, 1.82) is 0 Å². The van der Waals surface area contributed by atoms with Crippen molar-refractivity contribution in [2.45, 2.75) is 52.5 Å². The number of hydrogen-bond acceptors (Lipinski definition) is 4. The van der Waals surface area contributed by atoms with Crippen molar-refractivity contribution in [3.63, 3.8) is 0 Å². The lowest BCUT2D eigenvalue weighted by Crippen LogP contribution is -2.15. The van der Waals surface area contributed by atoms with Crippen LogP contribution in [0.3, 0.4) is 0 Å². The van der Waals surface area contributed by atoms with Gasteiger partial charge in [-0.2, -0.15) is 13.9 Å². The molecule has 1 aliphatic heterocycles. The summed E-state index contributed by atoms with van der Waals surface area (Å²) in [6.45, 7) is 2.91. The second-order valence-corrected chi connectivity index (χ2v) is 6.36. The number of ether oxygens (including phenoxy) is 2. The van der Waals surface area contributed by atoms with Gasteiger partial charge in [0, 0.05) is 24.9 Å². The molecule has 7 heteroatoms. The van der Waals surface area contributed by atoms with Gasteiger partial charge in [-0.25, -0.2) is 0 Å². The number of rotatable bonds is 7.